The molecule has 0 unspecified atom stereocenters. The van der Waals surface area contributed by atoms with Crippen LogP contribution in [0, 0.1) is 10.1 Å². The lowest BCUT2D eigenvalue weighted by molar-refractivity contribution is -0.384. The molecular formula is C24H22N4O6S. The molecule has 4 aromatic rings. The molecule has 11 heteroatoms. The number of carbonyl (C=O) groups is 1. The van der Waals surface area contributed by atoms with Crippen molar-refractivity contribution in [2.45, 2.75) is 13.0 Å². The molecule has 1 N–H and O–H groups in total. The lowest BCUT2D eigenvalue weighted by Crippen LogP contribution is -2.33. The number of nitro groups is 1. The predicted molar refractivity (Wildman–Crippen MR) is 132 cm³/mol. The van der Waals surface area contributed by atoms with E-state index in [1.807, 2.05) is 12.1 Å². The third kappa shape index (κ3) is 5.14. The van der Waals surface area contributed by atoms with E-state index < -0.39 is 4.92 Å². The molecule has 2 aromatic carbocycles. The first-order valence-electron chi connectivity index (χ1n) is 10.6. The van der Waals surface area contributed by atoms with Crippen LogP contribution in [-0.4, -0.2) is 41.1 Å². The van der Waals surface area contributed by atoms with E-state index >= 15 is 0 Å². The molecule has 0 fully saturated rings. The van der Waals surface area contributed by atoms with E-state index in [1.165, 1.54) is 34.4 Å². The van der Waals surface area contributed by atoms with Gasteiger partial charge in [-0.1, -0.05) is 18.2 Å². The molecule has 4 rings (SSSR count). The zero-order valence-electron chi connectivity index (χ0n) is 19.0. The van der Waals surface area contributed by atoms with Crippen molar-refractivity contribution in [1.82, 2.24) is 14.9 Å². The first-order valence-corrected chi connectivity index (χ1v) is 11.5. The van der Waals surface area contributed by atoms with Crippen molar-refractivity contribution in [2.75, 3.05) is 20.8 Å². The van der Waals surface area contributed by atoms with E-state index in [0.29, 0.717) is 45.8 Å². The maximum Gasteiger partial charge on any atom is 0.270 e. The highest BCUT2D eigenvalue weighted by molar-refractivity contribution is 7.17. The summed E-state index contributed by atoms with van der Waals surface area (Å²) in [6.45, 7) is 0.175. The lowest BCUT2D eigenvalue weighted by atomic mass is 10.1. The molecule has 0 bridgehead atoms. The molecule has 0 saturated heterocycles. The minimum absolute atomic E-state index is 0.0695. The number of rotatable bonds is 9. The minimum Gasteiger partial charge on any atom is -0.493 e. The summed E-state index contributed by atoms with van der Waals surface area (Å²) >= 11 is 1.27. The molecule has 0 saturated carbocycles. The highest BCUT2D eigenvalue weighted by Gasteiger charge is 2.16. The average Bonchev–Trinajstić information content (AvgIpc) is 3.30. The van der Waals surface area contributed by atoms with Crippen molar-refractivity contribution in [3.8, 4) is 22.6 Å². The maximum absolute atomic E-state index is 13.2. The molecular weight excluding hydrogens is 472 g/mol. The Kier molecular flexibility index (Phi) is 7.06. The molecule has 0 aliphatic heterocycles. The highest BCUT2D eigenvalue weighted by Crippen LogP contribution is 2.32. The van der Waals surface area contributed by atoms with Gasteiger partial charge in [0, 0.05) is 29.6 Å². The van der Waals surface area contributed by atoms with Gasteiger partial charge in [-0.3, -0.25) is 24.3 Å². The molecule has 2 heterocycles. The first kappa shape index (κ1) is 23.9. The number of aromatic nitrogens is 2. The van der Waals surface area contributed by atoms with Gasteiger partial charge in [-0.2, -0.15) is 0 Å². The van der Waals surface area contributed by atoms with Gasteiger partial charge in [0.2, 0.25) is 5.91 Å². The standard InChI is InChI=1S/C24H22N4O6S/c1-33-19-7-6-15(10-20(19)34-2)8-9-25-21(29)12-27-14-26-23-22(24(27)30)18(13-35-23)16-4-3-5-17(11-16)28(31)32/h3-7,10-11,13-14H,8-9,12H2,1-2H3,(H,25,29). The molecule has 180 valence electrons. The van der Waals surface area contributed by atoms with Gasteiger partial charge in [0.15, 0.2) is 11.5 Å². The predicted octanol–water partition coefficient (Wildman–Crippen LogP) is 3.41. The second-order valence-electron chi connectivity index (χ2n) is 7.60. The number of thiophene rings is 1. The number of methoxy groups -OCH3 is 2. The molecule has 0 aliphatic carbocycles. The number of amides is 1. The van der Waals surface area contributed by atoms with E-state index in [1.54, 1.807) is 37.8 Å². The van der Waals surface area contributed by atoms with Crippen LogP contribution in [0.3, 0.4) is 0 Å². The smallest absolute Gasteiger partial charge is 0.270 e. The van der Waals surface area contributed by atoms with Crippen LogP contribution in [0.25, 0.3) is 21.3 Å². The Labute approximate surface area is 203 Å². The Morgan fingerprint density at radius 1 is 1.17 bits per heavy atom. The Bertz CT molecular complexity index is 1460. The number of ether oxygens (including phenoxy) is 2. The van der Waals surface area contributed by atoms with Crippen LogP contribution in [0.2, 0.25) is 0 Å². The van der Waals surface area contributed by atoms with Gasteiger partial charge >= 0.3 is 0 Å². The van der Waals surface area contributed by atoms with Crippen molar-refractivity contribution in [3.05, 3.63) is 80.2 Å². The lowest BCUT2D eigenvalue weighted by Gasteiger charge is -2.10. The highest BCUT2D eigenvalue weighted by atomic mass is 32.1. The van der Waals surface area contributed by atoms with E-state index in [9.17, 15) is 19.7 Å². The number of benzene rings is 2. The molecule has 1 amide bonds. The van der Waals surface area contributed by atoms with Crippen LogP contribution in [0.1, 0.15) is 5.56 Å². The van der Waals surface area contributed by atoms with Crippen molar-refractivity contribution in [1.29, 1.82) is 0 Å². The van der Waals surface area contributed by atoms with Crippen molar-refractivity contribution in [3.63, 3.8) is 0 Å². The summed E-state index contributed by atoms with van der Waals surface area (Å²) in [6.07, 6.45) is 1.91. The fourth-order valence-electron chi connectivity index (χ4n) is 3.67. The first-order chi connectivity index (χ1) is 16.9. The minimum atomic E-state index is -0.485. The van der Waals surface area contributed by atoms with Crippen LogP contribution in [0.15, 0.2) is 59.0 Å². The van der Waals surface area contributed by atoms with Crippen molar-refractivity contribution >= 4 is 33.1 Å². The summed E-state index contributed by atoms with van der Waals surface area (Å²) in [6, 6.07) is 11.6. The molecule has 35 heavy (non-hydrogen) atoms. The second-order valence-corrected chi connectivity index (χ2v) is 8.46. The topological polar surface area (TPSA) is 126 Å². The van der Waals surface area contributed by atoms with Gasteiger partial charge in [-0.15, -0.1) is 11.3 Å². The van der Waals surface area contributed by atoms with Crippen molar-refractivity contribution in [2.24, 2.45) is 0 Å². The number of non-ortho nitro benzene ring substituents is 1. The van der Waals surface area contributed by atoms with Gasteiger partial charge < -0.3 is 14.8 Å². The van der Waals surface area contributed by atoms with E-state index in [2.05, 4.69) is 10.3 Å². The van der Waals surface area contributed by atoms with Crippen LogP contribution in [0.4, 0.5) is 5.69 Å². The summed E-state index contributed by atoms with van der Waals surface area (Å²) in [5, 5.41) is 16.0. The summed E-state index contributed by atoms with van der Waals surface area (Å²) in [5.74, 6) is 0.902. The third-order valence-electron chi connectivity index (χ3n) is 5.43. The molecule has 0 atom stereocenters. The summed E-state index contributed by atoms with van der Waals surface area (Å²) in [7, 11) is 3.12. The second kappa shape index (κ2) is 10.3. The molecule has 10 nitrogen and oxygen atoms in total. The molecule has 2 aromatic heterocycles. The zero-order chi connectivity index (χ0) is 24.9. The number of carbonyl (C=O) groups excluding carboxylic acids is 1. The number of nitrogens with zero attached hydrogens (tertiary/aromatic N) is 3. The normalized spacial score (nSPS) is 10.8. The quantitative estimate of drug-likeness (QED) is 0.279. The van der Waals surface area contributed by atoms with Crippen LogP contribution < -0.4 is 20.3 Å². The van der Waals surface area contributed by atoms with Crippen LogP contribution >= 0.6 is 11.3 Å². The Morgan fingerprint density at radius 2 is 1.97 bits per heavy atom. The zero-order valence-corrected chi connectivity index (χ0v) is 19.8. The van der Waals surface area contributed by atoms with Crippen LogP contribution in [-0.2, 0) is 17.8 Å². The monoisotopic (exact) mass is 494 g/mol. The largest absolute Gasteiger partial charge is 0.493 e. The summed E-state index contributed by atoms with van der Waals surface area (Å²) in [4.78, 5) is 41.1. The SMILES string of the molecule is COc1ccc(CCNC(=O)Cn2cnc3scc(-c4cccc([N+](=O)[O-])c4)c3c2=O)cc1OC. The summed E-state index contributed by atoms with van der Waals surface area (Å²) in [5.41, 5.74) is 1.60. The number of nitro benzene ring substituents is 1. The fourth-order valence-corrected chi connectivity index (χ4v) is 4.58. The Hall–Kier alpha value is -4.25. The number of hydrogen-bond donors (Lipinski definition) is 1. The van der Waals surface area contributed by atoms with Gasteiger partial charge in [-0.05, 0) is 29.7 Å². The average molecular weight is 495 g/mol. The molecule has 0 aliphatic rings. The Balaban J connectivity index is 1.48. The van der Waals surface area contributed by atoms with E-state index in [-0.39, 0.29) is 23.7 Å². The maximum atomic E-state index is 13.2. The number of hydrogen-bond acceptors (Lipinski definition) is 8. The third-order valence-corrected chi connectivity index (χ3v) is 6.31. The molecule has 0 spiro atoms. The van der Waals surface area contributed by atoms with Crippen LogP contribution in [0.5, 0.6) is 11.5 Å². The Morgan fingerprint density at radius 3 is 2.71 bits per heavy atom. The van der Waals surface area contributed by atoms with Crippen molar-refractivity contribution < 1.29 is 19.2 Å². The molecule has 0 radical (unpaired) electrons. The fraction of sp³-hybridized carbons (Fsp3) is 0.208. The van der Waals surface area contributed by atoms with E-state index in [4.69, 9.17) is 9.47 Å². The van der Waals surface area contributed by atoms with Gasteiger partial charge in [0.05, 0.1) is 30.9 Å². The number of nitrogens with one attached hydrogen (secondary N) is 1. The van der Waals surface area contributed by atoms with Gasteiger partial charge in [0.1, 0.15) is 11.4 Å². The van der Waals surface area contributed by atoms with Gasteiger partial charge in [-0.25, -0.2) is 4.98 Å². The number of fused-ring (bicyclic) bond motifs is 1. The summed E-state index contributed by atoms with van der Waals surface area (Å²) < 4.78 is 11.8. The van der Waals surface area contributed by atoms with Gasteiger partial charge in [0.25, 0.3) is 11.2 Å². The van der Waals surface area contributed by atoms with E-state index in [0.717, 1.165) is 5.56 Å².